The summed E-state index contributed by atoms with van der Waals surface area (Å²) in [5.41, 5.74) is -0.199. The van der Waals surface area contributed by atoms with E-state index in [2.05, 4.69) is 8.37 Å². The zero-order chi connectivity index (χ0) is 15.6. The lowest BCUT2D eigenvalue weighted by Crippen LogP contribution is -2.13. The van der Waals surface area contributed by atoms with Crippen LogP contribution in [0.5, 0.6) is 17.2 Å². The molecule has 0 aliphatic rings. The van der Waals surface area contributed by atoms with E-state index in [0.717, 1.165) is 12.5 Å². The van der Waals surface area contributed by atoms with Crippen LogP contribution in [0, 0.1) is 0 Å². The second-order valence-electron chi connectivity index (χ2n) is 3.71. The Balaban J connectivity index is 3.60. The fourth-order valence-electron chi connectivity index (χ4n) is 1.28. The Labute approximate surface area is 116 Å². The Morgan fingerprint density at radius 1 is 0.950 bits per heavy atom. The minimum absolute atomic E-state index is 0.0975. The van der Waals surface area contributed by atoms with E-state index in [1.165, 1.54) is 19.2 Å². The van der Waals surface area contributed by atoms with Crippen LogP contribution in [-0.2, 0) is 20.2 Å². The minimum atomic E-state index is -4.00. The first-order valence-electron chi connectivity index (χ1n) is 5.02. The molecule has 10 heteroatoms. The molecule has 0 saturated carbocycles. The molecule has 0 N–H and O–H groups in total. The molecule has 0 aromatic heterocycles. The van der Waals surface area contributed by atoms with E-state index >= 15 is 0 Å². The largest absolute Gasteiger partial charge is 0.493 e. The lowest BCUT2D eigenvalue weighted by molar-refractivity contribution is 0.112. The quantitative estimate of drug-likeness (QED) is 0.538. The second kappa shape index (κ2) is 5.67. The van der Waals surface area contributed by atoms with Gasteiger partial charge in [0.25, 0.3) is 0 Å². The molecule has 1 aromatic rings. The number of aldehydes is 1. The second-order valence-corrected chi connectivity index (χ2v) is 6.86. The standard InChI is InChI=1S/C10H12O8S2/c1-16-8-5-4-7(6-11)9(17-19(2,12)13)10(8)18-20(3,14)15/h4-6H,1-3H3. The molecule has 0 fully saturated rings. The predicted molar refractivity (Wildman–Crippen MR) is 69.3 cm³/mol. The van der Waals surface area contributed by atoms with Gasteiger partial charge in [0.2, 0.25) is 11.5 Å². The topological polar surface area (TPSA) is 113 Å². The smallest absolute Gasteiger partial charge is 0.306 e. The maximum absolute atomic E-state index is 11.2. The molecule has 0 bridgehead atoms. The monoisotopic (exact) mass is 324 g/mol. The van der Waals surface area contributed by atoms with Crippen molar-refractivity contribution in [3.8, 4) is 17.2 Å². The zero-order valence-corrected chi connectivity index (χ0v) is 12.4. The summed E-state index contributed by atoms with van der Waals surface area (Å²) in [7, 11) is -6.77. The summed E-state index contributed by atoms with van der Waals surface area (Å²) in [6.45, 7) is 0. The maximum atomic E-state index is 11.2. The van der Waals surface area contributed by atoms with Crippen LogP contribution in [-0.4, -0.2) is 42.7 Å². The summed E-state index contributed by atoms with van der Waals surface area (Å²) >= 11 is 0. The number of carbonyl (C=O) groups is 1. The minimum Gasteiger partial charge on any atom is -0.493 e. The van der Waals surface area contributed by atoms with E-state index in [9.17, 15) is 21.6 Å². The van der Waals surface area contributed by atoms with Crippen molar-refractivity contribution in [3.63, 3.8) is 0 Å². The summed E-state index contributed by atoms with van der Waals surface area (Å²) in [6, 6.07) is 2.46. The molecule has 0 aliphatic heterocycles. The fourth-order valence-corrected chi connectivity index (χ4v) is 2.22. The van der Waals surface area contributed by atoms with E-state index in [-0.39, 0.29) is 11.3 Å². The van der Waals surface area contributed by atoms with Crippen LogP contribution in [0.4, 0.5) is 0 Å². The van der Waals surface area contributed by atoms with E-state index < -0.39 is 31.7 Å². The summed E-state index contributed by atoms with van der Waals surface area (Å²) in [5, 5.41) is 0. The lowest BCUT2D eigenvalue weighted by Gasteiger charge is -2.14. The van der Waals surface area contributed by atoms with Gasteiger partial charge in [-0.2, -0.15) is 16.8 Å². The Kier molecular flexibility index (Phi) is 4.61. The fraction of sp³-hybridized carbons (Fsp3) is 0.300. The summed E-state index contributed by atoms with van der Waals surface area (Å²) in [5.74, 6) is -1.16. The SMILES string of the molecule is COc1ccc(C=O)c(OS(C)(=O)=O)c1OS(C)(=O)=O. The van der Waals surface area contributed by atoms with Crippen molar-refractivity contribution in [1.82, 2.24) is 0 Å². The van der Waals surface area contributed by atoms with Crippen molar-refractivity contribution in [2.24, 2.45) is 0 Å². The predicted octanol–water partition coefficient (Wildman–Crippen LogP) is 0.184. The molecule has 0 unspecified atom stereocenters. The third-order valence-corrected chi connectivity index (χ3v) is 2.86. The van der Waals surface area contributed by atoms with E-state index in [1.54, 1.807) is 0 Å². The van der Waals surface area contributed by atoms with Crippen molar-refractivity contribution < 1.29 is 34.7 Å². The van der Waals surface area contributed by atoms with Crippen molar-refractivity contribution in [1.29, 1.82) is 0 Å². The van der Waals surface area contributed by atoms with Gasteiger partial charge in [-0.1, -0.05) is 0 Å². The van der Waals surface area contributed by atoms with Gasteiger partial charge < -0.3 is 13.1 Å². The van der Waals surface area contributed by atoms with E-state index in [0.29, 0.717) is 6.29 Å². The van der Waals surface area contributed by atoms with Gasteiger partial charge in [-0.15, -0.1) is 0 Å². The third-order valence-electron chi connectivity index (χ3n) is 1.92. The third kappa shape index (κ3) is 4.38. The van der Waals surface area contributed by atoms with Gasteiger partial charge in [-0.25, -0.2) is 0 Å². The molecule has 112 valence electrons. The van der Waals surface area contributed by atoms with E-state index in [4.69, 9.17) is 4.74 Å². The van der Waals surface area contributed by atoms with Gasteiger partial charge in [0, 0.05) is 0 Å². The van der Waals surface area contributed by atoms with Gasteiger partial charge in [-0.3, -0.25) is 4.79 Å². The average Bonchev–Trinajstić information content (AvgIpc) is 2.27. The molecule has 1 rings (SSSR count). The summed E-state index contributed by atoms with van der Waals surface area (Å²) in [6.07, 6.45) is 1.80. The number of hydrogen-bond acceptors (Lipinski definition) is 8. The van der Waals surface area contributed by atoms with Crippen LogP contribution in [0.3, 0.4) is 0 Å². The molecular formula is C10H12O8S2. The highest BCUT2D eigenvalue weighted by atomic mass is 32.2. The zero-order valence-electron chi connectivity index (χ0n) is 10.8. The number of methoxy groups -OCH3 is 1. The average molecular weight is 324 g/mol. The normalized spacial score (nSPS) is 11.8. The number of benzene rings is 1. The Morgan fingerprint density at radius 3 is 1.85 bits per heavy atom. The highest BCUT2D eigenvalue weighted by molar-refractivity contribution is 7.86. The lowest BCUT2D eigenvalue weighted by atomic mass is 10.2. The molecule has 0 saturated heterocycles. The molecule has 20 heavy (non-hydrogen) atoms. The van der Waals surface area contributed by atoms with Crippen LogP contribution in [0.25, 0.3) is 0 Å². The molecule has 8 nitrogen and oxygen atoms in total. The van der Waals surface area contributed by atoms with Crippen molar-refractivity contribution in [3.05, 3.63) is 17.7 Å². The summed E-state index contributed by atoms with van der Waals surface area (Å²) < 4.78 is 59.0. The van der Waals surface area contributed by atoms with Crippen LogP contribution < -0.4 is 13.1 Å². The number of carbonyl (C=O) groups excluding carboxylic acids is 1. The number of ether oxygens (including phenoxy) is 1. The van der Waals surface area contributed by atoms with Crippen molar-refractivity contribution in [2.75, 3.05) is 19.6 Å². The molecule has 0 radical (unpaired) electrons. The van der Waals surface area contributed by atoms with Gasteiger partial charge in [-0.05, 0) is 12.1 Å². The molecule has 0 heterocycles. The number of rotatable bonds is 6. The summed E-state index contributed by atoms with van der Waals surface area (Å²) in [4.78, 5) is 10.9. The Hall–Kier alpha value is -1.81. The highest BCUT2D eigenvalue weighted by Crippen LogP contribution is 2.41. The molecule has 0 spiro atoms. The van der Waals surface area contributed by atoms with Crippen LogP contribution >= 0.6 is 0 Å². The Morgan fingerprint density at radius 2 is 1.45 bits per heavy atom. The van der Waals surface area contributed by atoms with Crippen LogP contribution in [0.15, 0.2) is 12.1 Å². The first kappa shape index (κ1) is 16.2. The molecular weight excluding hydrogens is 312 g/mol. The first-order chi connectivity index (χ1) is 9.07. The maximum Gasteiger partial charge on any atom is 0.306 e. The van der Waals surface area contributed by atoms with Gasteiger partial charge in [0.05, 0.1) is 25.2 Å². The highest BCUT2D eigenvalue weighted by Gasteiger charge is 2.23. The molecule has 0 aliphatic carbocycles. The van der Waals surface area contributed by atoms with Gasteiger partial charge in [0.15, 0.2) is 12.0 Å². The van der Waals surface area contributed by atoms with Crippen molar-refractivity contribution >= 4 is 26.5 Å². The van der Waals surface area contributed by atoms with Crippen LogP contribution in [0.1, 0.15) is 10.4 Å². The molecule has 0 atom stereocenters. The van der Waals surface area contributed by atoms with Gasteiger partial charge in [0.1, 0.15) is 0 Å². The first-order valence-corrected chi connectivity index (χ1v) is 8.66. The van der Waals surface area contributed by atoms with Gasteiger partial charge >= 0.3 is 20.2 Å². The van der Waals surface area contributed by atoms with Crippen molar-refractivity contribution in [2.45, 2.75) is 0 Å². The number of hydrogen-bond donors (Lipinski definition) is 0. The van der Waals surface area contributed by atoms with E-state index in [1.807, 2.05) is 0 Å². The Bertz CT molecular complexity index is 718. The molecule has 1 aromatic carbocycles. The van der Waals surface area contributed by atoms with Crippen LogP contribution in [0.2, 0.25) is 0 Å². The molecule has 0 amide bonds.